The first-order valence-corrected chi connectivity index (χ1v) is 7.91. The molecule has 2 aromatic rings. The Bertz CT molecular complexity index is 820. The number of pyridine rings is 1. The zero-order valence-corrected chi connectivity index (χ0v) is 13.6. The summed E-state index contributed by atoms with van der Waals surface area (Å²) in [4.78, 5) is 16.0. The molecule has 2 N–H and O–H groups in total. The van der Waals surface area contributed by atoms with E-state index in [4.69, 9.17) is 4.74 Å². The van der Waals surface area contributed by atoms with Crippen LogP contribution in [0.4, 0.5) is 18.9 Å². The lowest BCUT2D eigenvalue weighted by atomic mass is 10.1. The Balaban J connectivity index is 1.81. The summed E-state index contributed by atoms with van der Waals surface area (Å²) in [5.74, 6) is -0.528. The second-order valence-corrected chi connectivity index (χ2v) is 5.67. The predicted octanol–water partition coefficient (Wildman–Crippen LogP) is 3.61. The van der Waals surface area contributed by atoms with E-state index >= 15 is 0 Å². The summed E-state index contributed by atoms with van der Waals surface area (Å²) in [6.07, 6.45) is 1.06. The van der Waals surface area contributed by atoms with E-state index in [1.54, 1.807) is 6.07 Å². The number of alkyl halides is 3. The Kier molecular flexibility index (Phi) is 5.11. The number of rotatable bonds is 5. The van der Waals surface area contributed by atoms with Crippen LogP contribution in [0.15, 0.2) is 54.5 Å². The molecule has 1 aromatic heterocycles. The van der Waals surface area contributed by atoms with Crippen molar-refractivity contribution in [1.29, 1.82) is 0 Å². The van der Waals surface area contributed by atoms with E-state index in [2.05, 4.69) is 15.6 Å². The lowest BCUT2D eigenvalue weighted by Crippen LogP contribution is -2.16. The lowest BCUT2D eigenvalue weighted by Gasteiger charge is -2.14. The monoisotopic (exact) mass is 363 g/mol. The molecule has 3 rings (SSSR count). The topological polar surface area (TPSA) is 63.2 Å². The predicted molar refractivity (Wildman–Crippen MR) is 89.8 cm³/mol. The number of carbonyl (C=O) groups is 1. The van der Waals surface area contributed by atoms with Crippen molar-refractivity contribution in [2.45, 2.75) is 12.6 Å². The molecule has 26 heavy (non-hydrogen) atoms. The molecule has 5 nitrogen and oxygen atoms in total. The molecule has 0 saturated carbocycles. The highest BCUT2D eigenvalue weighted by Crippen LogP contribution is 2.34. The van der Waals surface area contributed by atoms with E-state index in [9.17, 15) is 18.0 Å². The van der Waals surface area contributed by atoms with Gasteiger partial charge >= 0.3 is 6.18 Å². The number of nitrogens with one attached hydrogen (secondary N) is 2. The molecule has 8 heteroatoms. The van der Waals surface area contributed by atoms with Crippen LogP contribution in [0.3, 0.4) is 0 Å². The molecule has 0 fully saturated rings. The van der Waals surface area contributed by atoms with E-state index in [1.165, 1.54) is 24.5 Å². The molecule has 0 atom stereocenters. The molecule has 0 bridgehead atoms. The molecule has 1 aliphatic rings. The van der Waals surface area contributed by atoms with Gasteiger partial charge in [-0.1, -0.05) is 6.08 Å². The molecule has 0 saturated heterocycles. The van der Waals surface area contributed by atoms with Crippen molar-refractivity contribution in [3.8, 4) is 5.75 Å². The number of ether oxygens (including phenoxy) is 1. The summed E-state index contributed by atoms with van der Waals surface area (Å²) in [7, 11) is 0. The Morgan fingerprint density at radius 1 is 1.31 bits per heavy atom. The van der Waals surface area contributed by atoms with Crippen molar-refractivity contribution in [2.75, 3.05) is 18.5 Å². The highest BCUT2D eigenvalue weighted by atomic mass is 19.4. The van der Waals surface area contributed by atoms with Gasteiger partial charge in [0.15, 0.2) is 0 Å². The number of halogens is 3. The fourth-order valence-corrected chi connectivity index (χ4v) is 2.44. The fourth-order valence-electron chi connectivity index (χ4n) is 2.44. The van der Waals surface area contributed by atoms with Crippen LogP contribution in [0.1, 0.15) is 22.3 Å². The minimum atomic E-state index is -4.56. The van der Waals surface area contributed by atoms with Crippen LogP contribution in [-0.2, 0) is 6.18 Å². The summed E-state index contributed by atoms with van der Waals surface area (Å²) in [5.41, 5.74) is 0.165. The van der Waals surface area contributed by atoms with Crippen molar-refractivity contribution >= 4 is 11.6 Å². The quantitative estimate of drug-likeness (QED) is 0.852. The van der Waals surface area contributed by atoms with Crippen molar-refractivity contribution in [3.63, 3.8) is 0 Å². The van der Waals surface area contributed by atoms with Crippen molar-refractivity contribution in [2.24, 2.45) is 0 Å². The van der Waals surface area contributed by atoms with Gasteiger partial charge in [-0.05, 0) is 30.7 Å². The zero-order chi connectivity index (χ0) is 18.6. The first-order chi connectivity index (χ1) is 12.4. The minimum absolute atomic E-state index is 0.00274. The van der Waals surface area contributed by atoms with Crippen molar-refractivity contribution < 1.29 is 22.7 Å². The number of amides is 1. The molecule has 0 spiro atoms. The number of nitrogens with zero attached hydrogens (tertiary/aromatic N) is 1. The van der Waals surface area contributed by atoms with Crippen LogP contribution in [0, 0.1) is 0 Å². The van der Waals surface area contributed by atoms with Crippen LogP contribution in [0.5, 0.6) is 5.75 Å². The van der Waals surface area contributed by atoms with Gasteiger partial charge in [0.1, 0.15) is 12.4 Å². The highest BCUT2D eigenvalue weighted by Gasteiger charge is 2.31. The van der Waals surface area contributed by atoms with Crippen molar-refractivity contribution in [3.05, 3.63) is 65.6 Å². The average Bonchev–Trinajstić information content (AvgIpc) is 3.13. The smallest absolute Gasteiger partial charge is 0.416 e. The third-order valence-electron chi connectivity index (χ3n) is 3.70. The van der Waals surface area contributed by atoms with Gasteiger partial charge in [-0.25, -0.2) is 0 Å². The number of carbonyl (C=O) groups excluding carboxylic acids is 1. The van der Waals surface area contributed by atoms with E-state index in [-0.39, 0.29) is 23.6 Å². The van der Waals surface area contributed by atoms with Gasteiger partial charge in [-0.2, -0.15) is 13.2 Å². The maximum Gasteiger partial charge on any atom is 0.416 e. The normalized spacial score (nSPS) is 13.7. The SMILES string of the molecule is O=C(Nc1cc(OCC2=CCCN2)cc(C(F)(F)F)c1)c1cccnc1. The second kappa shape index (κ2) is 7.47. The van der Waals surface area contributed by atoms with Crippen LogP contribution >= 0.6 is 0 Å². The maximum absolute atomic E-state index is 13.1. The van der Waals surface area contributed by atoms with Crippen LogP contribution in [0.25, 0.3) is 0 Å². The summed E-state index contributed by atoms with van der Waals surface area (Å²) in [5, 5.41) is 5.53. The molecule has 0 radical (unpaired) electrons. The lowest BCUT2D eigenvalue weighted by molar-refractivity contribution is -0.137. The number of hydrogen-bond donors (Lipinski definition) is 2. The zero-order valence-electron chi connectivity index (χ0n) is 13.6. The van der Waals surface area contributed by atoms with Crippen molar-refractivity contribution in [1.82, 2.24) is 10.3 Å². The Morgan fingerprint density at radius 3 is 2.81 bits per heavy atom. The second-order valence-electron chi connectivity index (χ2n) is 5.67. The fraction of sp³-hybridized carbons (Fsp3) is 0.222. The van der Waals surface area contributed by atoms with Gasteiger partial charge in [0.05, 0.1) is 11.1 Å². The highest BCUT2D eigenvalue weighted by molar-refractivity contribution is 6.04. The van der Waals surface area contributed by atoms with Gasteiger partial charge in [0.2, 0.25) is 0 Å². The number of benzene rings is 1. The van der Waals surface area contributed by atoms with Crippen LogP contribution in [-0.4, -0.2) is 24.0 Å². The Labute approximate surface area is 147 Å². The molecular weight excluding hydrogens is 347 g/mol. The summed E-state index contributed by atoms with van der Waals surface area (Å²) < 4.78 is 44.9. The van der Waals surface area contributed by atoms with Crippen LogP contribution in [0.2, 0.25) is 0 Å². The summed E-state index contributed by atoms with van der Waals surface area (Å²) >= 11 is 0. The minimum Gasteiger partial charge on any atom is -0.487 e. The van der Waals surface area contributed by atoms with Gasteiger partial charge in [-0.3, -0.25) is 9.78 Å². The summed E-state index contributed by atoms with van der Waals surface area (Å²) in [6.45, 7) is 0.922. The number of aromatic nitrogens is 1. The van der Waals surface area contributed by atoms with E-state index in [0.717, 1.165) is 30.8 Å². The maximum atomic E-state index is 13.1. The molecule has 2 heterocycles. The Morgan fingerprint density at radius 2 is 2.15 bits per heavy atom. The molecule has 136 valence electrons. The third kappa shape index (κ3) is 4.53. The Hall–Kier alpha value is -3.03. The molecule has 0 unspecified atom stereocenters. The first-order valence-electron chi connectivity index (χ1n) is 7.91. The number of hydrogen-bond acceptors (Lipinski definition) is 4. The van der Waals surface area contributed by atoms with Crippen LogP contribution < -0.4 is 15.4 Å². The third-order valence-corrected chi connectivity index (χ3v) is 3.70. The standard InChI is InChI=1S/C18H16F3N3O2/c19-18(20,21)13-7-15(24-17(25)12-3-1-5-22-10-12)9-16(8-13)26-11-14-4-2-6-23-14/h1,3-5,7-10,23H,2,6,11H2,(H,24,25). The van der Waals surface area contributed by atoms with Gasteiger partial charge in [0, 0.05) is 36.4 Å². The van der Waals surface area contributed by atoms with E-state index in [0.29, 0.717) is 0 Å². The molecule has 0 aliphatic carbocycles. The summed E-state index contributed by atoms with van der Waals surface area (Å²) in [6, 6.07) is 6.23. The van der Waals surface area contributed by atoms with Gasteiger partial charge in [-0.15, -0.1) is 0 Å². The van der Waals surface area contributed by atoms with Gasteiger partial charge < -0.3 is 15.4 Å². The molecule has 1 aromatic carbocycles. The number of anilines is 1. The van der Waals surface area contributed by atoms with E-state index < -0.39 is 17.6 Å². The largest absolute Gasteiger partial charge is 0.487 e. The first kappa shape index (κ1) is 17.8. The average molecular weight is 363 g/mol. The molecule has 1 amide bonds. The van der Waals surface area contributed by atoms with Gasteiger partial charge in [0.25, 0.3) is 5.91 Å². The molecular formula is C18H16F3N3O2. The molecule has 1 aliphatic heterocycles. The van der Waals surface area contributed by atoms with E-state index in [1.807, 2.05) is 6.08 Å².